The monoisotopic (exact) mass is 501 g/mol. The molecule has 0 saturated heterocycles. The summed E-state index contributed by atoms with van der Waals surface area (Å²) in [4.78, 5) is 13.5. The van der Waals surface area contributed by atoms with Crippen molar-refractivity contribution in [3.05, 3.63) is 96.6 Å². The standard InChI is InChI=1S/C27H21F2N5OS/c1-2-21-23(34-36-26-10-8-18(28)13-20(26)29)12-17(14-30-21)16-7-9-25(35)24(11-16)33-27-19-5-3-4-6-22(19)31-15-32-27/h3-15,34-35H,2H2,1H3,(H,31,32,33). The zero-order valence-corrected chi connectivity index (χ0v) is 20.0. The van der Waals surface area contributed by atoms with Crippen LogP contribution in [0.2, 0.25) is 0 Å². The second kappa shape index (κ2) is 10.2. The van der Waals surface area contributed by atoms with Crippen LogP contribution in [0.25, 0.3) is 22.0 Å². The van der Waals surface area contributed by atoms with Crippen molar-refractivity contribution in [1.82, 2.24) is 15.0 Å². The van der Waals surface area contributed by atoms with Crippen molar-refractivity contribution in [2.75, 3.05) is 10.0 Å². The van der Waals surface area contributed by atoms with E-state index in [2.05, 4.69) is 25.0 Å². The van der Waals surface area contributed by atoms with E-state index in [1.165, 1.54) is 18.5 Å². The number of nitrogens with one attached hydrogen (secondary N) is 2. The predicted octanol–water partition coefficient (Wildman–Crippen LogP) is 7.10. The fraction of sp³-hybridized carbons (Fsp3) is 0.0741. The number of fused-ring (bicyclic) bond motifs is 1. The molecule has 3 aromatic carbocycles. The number of phenols is 1. The minimum atomic E-state index is -0.638. The Kier molecular flexibility index (Phi) is 6.64. The lowest BCUT2D eigenvalue weighted by atomic mass is 10.0. The van der Waals surface area contributed by atoms with Crippen LogP contribution in [0.15, 0.2) is 84.1 Å². The molecular weight excluding hydrogens is 480 g/mol. The van der Waals surface area contributed by atoms with E-state index in [0.29, 0.717) is 23.6 Å². The number of anilines is 3. The number of nitrogens with zero attached hydrogens (tertiary/aromatic N) is 3. The van der Waals surface area contributed by atoms with Gasteiger partial charge in [0.25, 0.3) is 0 Å². The summed E-state index contributed by atoms with van der Waals surface area (Å²) in [5.41, 5.74) is 4.39. The fourth-order valence-corrected chi connectivity index (χ4v) is 4.43. The summed E-state index contributed by atoms with van der Waals surface area (Å²) in [6, 6.07) is 18.2. The molecule has 5 aromatic rings. The second-order valence-electron chi connectivity index (χ2n) is 7.95. The second-order valence-corrected chi connectivity index (χ2v) is 8.80. The maximum absolute atomic E-state index is 14.1. The van der Waals surface area contributed by atoms with Gasteiger partial charge in [0.05, 0.1) is 27.5 Å². The molecule has 0 radical (unpaired) electrons. The molecule has 2 aromatic heterocycles. The molecule has 0 aliphatic carbocycles. The lowest BCUT2D eigenvalue weighted by Crippen LogP contribution is -1.99. The highest BCUT2D eigenvalue weighted by atomic mass is 32.2. The first-order valence-electron chi connectivity index (χ1n) is 11.2. The quantitative estimate of drug-likeness (QED) is 0.162. The van der Waals surface area contributed by atoms with Gasteiger partial charge in [-0.1, -0.05) is 25.1 Å². The molecular formula is C27H21F2N5OS. The van der Waals surface area contributed by atoms with Crippen LogP contribution >= 0.6 is 11.9 Å². The van der Waals surface area contributed by atoms with Gasteiger partial charge in [-0.15, -0.1) is 0 Å². The van der Waals surface area contributed by atoms with Gasteiger partial charge in [0.15, 0.2) is 0 Å². The Labute approximate surface area is 210 Å². The largest absolute Gasteiger partial charge is 0.506 e. The number of benzene rings is 3. The van der Waals surface area contributed by atoms with E-state index in [-0.39, 0.29) is 10.6 Å². The number of aromatic nitrogens is 3. The number of hydrogen-bond donors (Lipinski definition) is 3. The summed E-state index contributed by atoms with van der Waals surface area (Å²) in [5.74, 6) is -0.615. The number of aromatic hydroxyl groups is 1. The van der Waals surface area contributed by atoms with Crippen molar-refractivity contribution in [1.29, 1.82) is 0 Å². The van der Waals surface area contributed by atoms with Crippen molar-refractivity contribution in [3.63, 3.8) is 0 Å². The van der Waals surface area contributed by atoms with E-state index in [9.17, 15) is 13.9 Å². The summed E-state index contributed by atoms with van der Waals surface area (Å²) in [6.07, 6.45) is 3.89. The maximum Gasteiger partial charge on any atom is 0.141 e. The van der Waals surface area contributed by atoms with Crippen LogP contribution in [-0.2, 0) is 6.42 Å². The molecule has 5 rings (SSSR count). The van der Waals surface area contributed by atoms with Gasteiger partial charge in [-0.3, -0.25) is 4.98 Å². The Balaban J connectivity index is 1.44. The molecule has 3 N–H and O–H groups in total. The molecule has 0 atom stereocenters. The van der Waals surface area contributed by atoms with Crippen molar-refractivity contribution in [2.45, 2.75) is 18.2 Å². The molecule has 180 valence electrons. The number of aryl methyl sites for hydroxylation is 1. The number of rotatable bonds is 7. The molecule has 36 heavy (non-hydrogen) atoms. The number of hydrogen-bond acceptors (Lipinski definition) is 7. The van der Waals surface area contributed by atoms with Crippen LogP contribution in [0.3, 0.4) is 0 Å². The third-order valence-corrected chi connectivity index (χ3v) is 6.47. The van der Waals surface area contributed by atoms with Gasteiger partial charge in [0.2, 0.25) is 0 Å². The lowest BCUT2D eigenvalue weighted by Gasteiger charge is -2.14. The number of halogens is 2. The minimum Gasteiger partial charge on any atom is -0.506 e. The van der Waals surface area contributed by atoms with Crippen LogP contribution < -0.4 is 10.0 Å². The normalized spacial score (nSPS) is 11.0. The van der Waals surface area contributed by atoms with E-state index in [1.807, 2.05) is 43.3 Å². The van der Waals surface area contributed by atoms with Crippen molar-refractivity contribution >= 4 is 40.0 Å². The third-order valence-electron chi connectivity index (χ3n) is 5.60. The zero-order chi connectivity index (χ0) is 25.1. The van der Waals surface area contributed by atoms with Crippen molar-refractivity contribution in [3.8, 4) is 16.9 Å². The smallest absolute Gasteiger partial charge is 0.141 e. The van der Waals surface area contributed by atoms with E-state index >= 15 is 0 Å². The first kappa shape index (κ1) is 23.5. The maximum atomic E-state index is 14.1. The van der Waals surface area contributed by atoms with Gasteiger partial charge >= 0.3 is 0 Å². The van der Waals surface area contributed by atoms with E-state index in [1.54, 1.807) is 18.3 Å². The van der Waals surface area contributed by atoms with Crippen LogP contribution in [0.5, 0.6) is 5.75 Å². The average Bonchev–Trinajstić information content (AvgIpc) is 2.89. The fourth-order valence-electron chi connectivity index (χ4n) is 3.74. The van der Waals surface area contributed by atoms with Crippen LogP contribution in [-0.4, -0.2) is 20.1 Å². The van der Waals surface area contributed by atoms with Crippen LogP contribution in [0.4, 0.5) is 26.0 Å². The molecule has 0 spiro atoms. The highest BCUT2D eigenvalue weighted by molar-refractivity contribution is 8.00. The topological polar surface area (TPSA) is 83.0 Å². The van der Waals surface area contributed by atoms with E-state index in [0.717, 1.165) is 45.7 Å². The summed E-state index contributed by atoms with van der Waals surface area (Å²) in [6.45, 7) is 1.98. The van der Waals surface area contributed by atoms with Crippen molar-refractivity contribution in [2.24, 2.45) is 0 Å². The number of para-hydroxylation sites is 1. The number of phenolic OH excluding ortho intramolecular Hbond substituents is 1. The van der Waals surface area contributed by atoms with Crippen LogP contribution in [0.1, 0.15) is 12.6 Å². The zero-order valence-electron chi connectivity index (χ0n) is 19.2. The summed E-state index contributed by atoms with van der Waals surface area (Å²) in [7, 11) is 0. The minimum absolute atomic E-state index is 0.0697. The van der Waals surface area contributed by atoms with Crippen LogP contribution in [0, 0.1) is 11.6 Å². The molecule has 9 heteroatoms. The van der Waals surface area contributed by atoms with E-state index < -0.39 is 11.6 Å². The summed E-state index contributed by atoms with van der Waals surface area (Å²) in [5, 5.41) is 14.5. The van der Waals surface area contributed by atoms with Crippen molar-refractivity contribution < 1.29 is 13.9 Å². The molecule has 0 unspecified atom stereocenters. The predicted molar refractivity (Wildman–Crippen MR) is 139 cm³/mol. The highest BCUT2D eigenvalue weighted by Gasteiger charge is 2.12. The third kappa shape index (κ3) is 4.92. The Morgan fingerprint density at radius 1 is 0.889 bits per heavy atom. The molecule has 0 saturated carbocycles. The molecule has 6 nitrogen and oxygen atoms in total. The Bertz CT molecular complexity index is 1560. The molecule has 0 aliphatic heterocycles. The van der Waals surface area contributed by atoms with Gasteiger partial charge in [-0.2, -0.15) is 0 Å². The molecule has 2 heterocycles. The Morgan fingerprint density at radius 2 is 1.72 bits per heavy atom. The van der Waals surface area contributed by atoms with E-state index in [4.69, 9.17) is 0 Å². The lowest BCUT2D eigenvalue weighted by molar-refractivity contribution is 0.478. The van der Waals surface area contributed by atoms with Gasteiger partial charge in [-0.25, -0.2) is 18.7 Å². The Morgan fingerprint density at radius 3 is 2.56 bits per heavy atom. The molecule has 0 bridgehead atoms. The molecule has 0 amide bonds. The number of pyridine rings is 1. The van der Waals surface area contributed by atoms with Gasteiger partial charge < -0.3 is 15.1 Å². The van der Waals surface area contributed by atoms with Gasteiger partial charge in [0, 0.05) is 23.2 Å². The first-order valence-corrected chi connectivity index (χ1v) is 12.0. The van der Waals surface area contributed by atoms with Gasteiger partial charge in [0.1, 0.15) is 29.5 Å². The summed E-state index contributed by atoms with van der Waals surface area (Å²) < 4.78 is 30.5. The SMILES string of the molecule is CCc1ncc(-c2ccc(O)c(Nc3ncnc4ccccc34)c2)cc1NSc1ccc(F)cc1F. The highest BCUT2D eigenvalue weighted by Crippen LogP contribution is 2.35. The average molecular weight is 502 g/mol. The summed E-state index contributed by atoms with van der Waals surface area (Å²) >= 11 is 1.05. The Hall–Kier alpha value is -4.24. The molecule has 0 fully saturated rings. The molecule has 0 aliphatic rings. The van der Waals surface area contributed by atoms with Gasteiger partial charge in [-0.05, 0) is 66.4 Å². The first-order chi connectivity index (χ1) is 17.5.